The number of nitro groups is 1. The first-order chi connectivity index (χ1) is 7.63. The monoisotopic (exact) mass is 218 g/mol. The molecule has 0 aliphatic heterocycles. The fourth-order valence-corrected chi connectivity index (χ4v) is 1.08. The highest BCUT2D eigenvalue weighted by molar-refractivity contribution is 5.52. The predicted octanol–water partition coefficient (Wildman–Crippen LogP) is 3.31. The maximum absolute atomic E-state index is 10.4. The van der Waals surface area contributed by atoms with Gasteiger partial charge < -0.3 is 0 Å². The molecule has 0 fully saturated rings. The van der Waals surface area contributed by atoms with Crippen molar-refractivity contribution in [3.63, 3.8) is 0 Å². The third kappa shape index (κ3) is 3.43. The van der Waals surface area contributed by atoms with Gasteiger partial charge in [0, 0.05) is 17.0 Å². The van der Waals surface area contributed by atoms with Crippen molar-refractivity contribution < 1.29 is 4.92 Å². The molecule has 1 unspecified atom stereocenters. The molecule has 16 heavy (non-hydrogen) atoms. The molecule has 6 nitrogen and oxygen atoms in total. The van der Waals surface area contributed by atoms with Crippen molar-refractivity contribution >= 4 is 11.8 Å². The van der Waals surface area contributed by atoms with Crippen molar-refractivity contribution in [1.82, 2.24) is 0 Å². The van der Waals surface area contributed by atoms with Gasteiger partial charge in [-0.05, 0) is 23.2 Å². The van der Waals surface area contributed by atoms with Crippen LogP contribution in [0.1, 0.15) is 12.5 Å². The summed E-state index contributed by atoms with van der Waals surface area (Å²) in [6.45, 7) is 1.75. The van der Waals surface area contributed by atoms with Crippen molar-refractivity contribution in [2.45, 2.75) is 13.0 Å². The van der Waals surface area contributed by atoms with Gasteiger partial charge >= 0.3 is 0 Å². The second kappa shape index (κ2) is 5.53. The molecule has 0 N–H and O–H groups in total. The van der Waals surface area contributed by atoms with Gasteiger partial charge in [-0.2, -0.15) is 0 Å². The Balaban J connectivity index is 2.75. The number of hydrogen-bond donors (Lipinski definition) is 0. The molecule has 0 aliphatic rings. The highest BCUT2D eigenvalue weighted by atomic mass is 16.6. The van der Waals surface area contributed by atoms with E-state index in [0.717, 1.165) is 5.56 Å². The summed E-state index contributed by atoms with van der Waals surface area (Å²) in [5.74, 6) is 0. The third-order valence-corrected chi connectivity index (χ3v) is 1.90. The summed E-state index contributed by atoms with van der Waals surface area (Å²) in [6.07, 6.45) is 3.48. The molecular formula is C10H10N4O2. The molecule has 1 rings (SSSR count). The summed E-state index contributed by atoms with van der Waals surface area (Å²) in [7, 11) is 0. The minimum Gasteiger partial charge on any atom is -0.258 e. The molecule has 1 atom stereocenters. The summed E-state index contributed by atoms with van der Waals surface area (Å²) in [4.78, 5) is 12.6. The minimum atomic E-state index is -0.448. The van der Waals surface area contributed by atoms with Gasteiger partial charge in [0.15, 0.2) is 0 Å². The van der Waals surface area contributed by atoms with Crippen molar-refractivity contribution in [2.24, 2.45) is 5.11 Å². The first kappa shape index (κ1) is 11.7. The van der Waals surface area contributed by atoms with Crippen molar-refractivity contribution in [3.8, 4) is 0 Å². The molecule has 82 valence electrons. The molecule has 1 aromatic carbocycles. The van der Waals surface area contributed by atoms with Crippen LogP contribution < -0.4 is 0 Å². The lowest BCUT2D eigenvalue weighted by Crippen LogP contribution is -1.89. The van der Waals surface area contributed by atoms with Crippen LogP contribution in [0.3, 0.4) is 0 Å². The Bertz CT molecular complexity index is 446. The number of non-ortho nitro benzene ring substituents is 1. The Morgan fingerprint density at radius 1 is 1.50 bits per heavy atom. The van der Waals surface area contributed by atoms with E-state index in [1.54, 1.807) is 31.2 Å². The van der Waals surface area contributed by atoms with Crippen LogP contribution in [-0.2, 0) is 0 Å². The number of nitrogens with zero attached hydrogens (tertiary/aromatic N) is 4. The lowest BCUT2D eigenvalue weighted by atomic mass is 10.1. The zero-order valence-electron chi connectivity index (χ0n) is 8.65. The van der Waals surface area contributed by atoms with E-state index in [4.69, 9.17) is 5.53 Å². The van der Waals surface area contributed by atoms with Gasteiger partial charge in [0.1, 0.15) is 0 Å². The molecule has 0 amide bonds. The standard InChI is InChI=1S/C10H10N4O2/c1-8(12-13-11)2-3-9-4-6-10(7-5-9)14(15)16/h2-8H,1H3/b3-2+. The minimum absolute atomic E-state index is 0.0558. The topological polar surface area (TPSA) is 91.9 Å². The van der Waals surface area contributed by atoms with Gasteiger partial charge in [-0.3, -0.25) is 10.1 Å². The summed E-state index contributed by atoms with van der Waals surface area (Å²) in [5, 5.41) is 13.9. The number of hydrogen-bond acceptors (Lipinski definition) is 3. The zero-order valence-corrected chi connectivity index (χ0v) is 8.65. The van der Waals surface area contributed by atoms with Crippen molar-refractivity contribution in [3.05, 3.63) is 56.5 Å². The SMILES string of the molecule is CC(/C=C/c1ccc([N+](=O)[O-])cc1)N=[N+]=[N-]. The van der Waals surface area contributed by atoms with E-state index in [9.17, 15) is 10.1 Å². The van der Waals surface area contributed by atoms with E-state index >= 15 is 0 Å². The highest BCUT2D eigenvalue weighted by Crippen LogP contribution is 2.13. The molecule has 0 radical (unpaired) electrons. The van der Waals surface area contributed by atoms with Crippen LogP contribution in [0, 0.1) is 10.1 Å². The smallest absolute Gasteiger partial charge is 0.258 e. The van der Waals surface area contributed by atoms with Crippen LogP contribution in [0.25, 0.3) is 16.5 Å². The van der Waals surface area contributed by atoms with Crippen molar-refractivity contribution in [2.75, 3.05) is 0 Å². The molecule has 1 aromatic rings. The van der Waals surface area contributed by atoms with Crippen LogP contribution in [0.4, 0.5) is 5.69 Å². The van der Waals surface area contributed by atoms with E-state index in [0.29, 0.717) is 0 Å². The highest BCUT2D eigenvalue weighted by Gasteiger charge is 2.02. The van der Waals surface area contributed by atoms with Gasteiger partial charge in [0.25, 0.3) is 5.69 Å². The van der Waals surface area contributed by atoms with Crippen LogP contribution in [0.2, 0.25) is 0 Å². The summed E-state index contributed by atoms with van der Waals surface area (Å²) >= 11 is 0. The van der Waals surface area contributed by atoms with Crippen LogP contribution in [0.15, 0.2) is 35.5 Å². The number of azide groups is 1. The predicted molar refractivity (Wildman–Crippen MR) is 60.7 cm³/mol. The molecule has 0 saturated carbocycles. The molecule has 6 heteroatoms. The quantitative estimate of drug-likeness (QED) is 0.255. The number of nitro benzene ring substituents is 1. The molecular weight excluding hydrogens is 208 g/mol. The molecule has 0 bridgehead atoms. The Morgan fingerprint density at radius 3 is 2.62 bits per heavy atom. The molecule has 0 heterocycles. The molecule has 0 aliphatic carbocycles. The summed E-state index contributed by atoms with van der Waals surface area (Å²) in [6, 6.07) is 5.89. The Kier molecular flexibility index (Phi) is 4.06. The largest absolute Gasteiger partial charge is 0.269 e. The summed E-state index contributed by atoms with van der Waals surface area (Å²) < 4.78 is 0. The second-order valence-electron chi connectivity index (χ2n) is 3.15. The number of benzene rings is 1. The van der Waals surface area contributed by atoms with E-state index < -0.39 is 4.92 Å². The van der Waals surface area contributed by atoms with E-state index in [2.05, 4.69) is 10.0 Å². The lowest BCUT2D eigenvalue weighted by molar-refractivity contribution is -0.384. The van der Waals surface area contributed by atoms with Crippen molar-refractivity contribution in [1.29, 1.82) is 0 Å². The Hall–Kier alpha value is -2.33. The zero-order chi connectivity index (χ0) is 12.0. The van der Waals surface area contributed by atoms with Gasteiger partial charge in [0.2, 0.25) is 0 Å². The Morgan fingerprint density at radius 2 is 2.12 bits per heavy atom. The molecule has 0 spiro atoms. The normalized spacial score (nSPS) is 12.1. The molecule has 0 aromatic heterocycles. The van der Waals surface area contributed by atoms with Crippen LogP contribution in [-0.4, -0.2) is 11.0 Å². The number of rotatable bonds is 4. The van der Waals surface area contributed by atoms with Gasteiger partial charge in [0.05, 0.1) is 11.0 Å². The maximum Gasteiger partial charge on any atom is 0.269 e. The second-order valence-corrected chi connectivity index (χ2v) is 3.15. The van der Waals surface area contributed by atoms with Crippen LogP contribution >= 0.6 is 0 Å². The first-order valence-corrected chi connectivity index (χ1v) is 4.60. The van der Waals surface area contributed by atoms with E-state index in [1.165, 1.54) is 12.1 Å². The van der Waals surface area contributed by atoms with Gasteiger partial charge in [-0.15, -0.1) is 0 Å². The third-order valence-electron chi connectivity index (χ3n) is 1.90. The first-order valence-electron chi connectivity index (χ1n) is 4.60. The Labute approximate surface area is 92.0 Å². The summed E-state index contributed by atoms with van der Waals surface area (Å²) in [5.41, 5.74) is 9.06. The van der Waals surface area contributed by atoms with E-state index in [-0.39, 0.29) is 11.7 Å². The van der Waals surface area contributed by atoms with E-state index in [1.807, 2.05) is 0 Å². The maximum atomic E-state index is 10.4. The van der Waals surface area contributed by atoms with Gasteiger partial charge in [-0.1, -0.05) is 24.2 Å². The fraction of sp³-hybridized carbons (Fsp3) is 0.200. The lowest BCUT2D eigenvalue weighted by Gasteiger charge is -1.95. The van der Waals surface area contributed by atoms with Crippen LogP contribution in [0.5, 0.6) is 0 Å². The van der Waals surface area contributed by atoms with Gasteiger partial charge in [-0.25, -0.2) is 0 Å². The fourth-order valence-electron chi connectivity index (χ4n) is 1.08. The molecule has 0 saturated heterocycles. The average molecular weight is 218 g/mol. The average Bonchev–Trinajstić information content (AvgIpc) is 2.27.